The number of ether oxygens (including phenoxy) is 4. The van der Waals surface area contributed by atoms with E-state index in [1.54, 1.807) is 33.5 Å². The molecule has 0 saturated heterocycles. The van der Waals surface area contributed by atoms with Crippen molar-refractivity contribution in [1.29, 1.82) is 0 Å². The number of methoxy groups -OCH3 is 3. The number of hydrogen-bond acceptors (Lipinski definition) is 6. The van der Waals surface area contributed by atoms with Crippen LogP contribution < -0.4 is 29.6 Å². The van der Waals surface area contributed by atoms with Crippen LogP contribution in [0.3, 0.4) is 0 Å². The summed E-state index contributed by atoms with van der Waals surface area (Å²) in [6.07, 6.45) is -0.591. The van der Waals surface area contributed by atoms with Gasteiger partial charge in [0.1, 0.15) is 23.0 Å². The van der Waals surface area contributed by atoms with Gasteiger partial charge in [-0.05, 0) is 38.5 Å². The molecule has 176 valence electrons. The summed E-state index contributed by atoms with van der Waals surface area (Å²) in [5, 5.41) is 17.0. The molecule has 0 bridgehead atoms. The molecular formula is C24H35N3O5. The van der Waals surface area contributed by atoms with Crippen LogP contribution in [0.15, 0.2) is 41.4 Å². The van der Waals surface area contributed by atoms with E-state index >= 15 is 0 Å². The minimum absolute atomic E-state index is 0.106. The normalized spacial score (nSPS) is 12.3. The largest absolute Gasteiger partial charge is 0.496 e. The molecule has 2 aromatic rings. The Balaban J connectivity index is 2.09. The van der Waals surface area contributed by atoms with E-state index in [1.165, 1.54) is 0 Å². The molecule has 0 heterocycles. The molecule has 0 aliphatic heterocycles. The quantitative estimate of drug-likeness (QED) is 0.361. The highest BCUT2D eigenvalue weighted by atomic mass is 16.5. The highest BCUT2D eigenvalue weighted by molar-refractivity contribution is 5.79. The third kappa shape index (κ3) is 7.23. The molecule has 0 radical (unpaired) electrons. The lowest BCUT2D eigenvalue weighted by Gasteiger charge is -2.17. The third-order valence-corrected chi connectivity index (χ3v) is 4.66. The molecule has 8 heteroatoms. The van der Waals surface area contributed by atoms with Gasteiger partial charge in [-0.25, -0.2) is 4.99 Å². The molecule has 2 rings (SSSR count). The van der Waals surface area contributed by atoms with Crippen LogP contribution in [0.1, 0.15) is 38.0 Å². The zero-order valence-corrected chi connectivity index (χ0v) is 19.8. The fraction of sp³-hybridized carbons (Fsp3) is 0.458. The van der Waals surface area contributed by atoms with Gasteiger partial charge < -0.3 is 34.7 Å². The highest BCUT2D eigenvalue weighted by Crippen LogP contribution is 2.34. The van der Waals surface area contributed by atoms with Gasteiger partial charge in [-0.2, -0.15) is 0 Å². The van der Waals surface area contributed by atoms with Gasteiger partial charge in [-0.15, -0.1) is 0 Å². The van der Waals surface area contributed by atoms with Crippen LogP contribution in [0.25, 0.3) is 0 Å². The molecule has 0 spiro atoms. The first-order valence-corrected chi connectivity index (χ1v) is 10.7. The van der Waals surface area contributed by atoms with Gasteiger partial charge in [-0.3, -0.25) is 0 Å². The van der Waals surface area contributed by atoms with Crippen LogP contribution in [0, 0.1) is 0 Å². The van der Waals surface area contributed by atoms with Crippen LogP contribution in [-0.4, -0.2) is 51.6 Å². The van der Waals surface area contributed by atoms with Crippen molar-refractivity contribution in [3.05, 3.63) is 47.5 Å². The topological polar surface area (TPSA) is 93.6 Å². The molecular weight excluding hydrogens is 410 g/mol. The number of nitrogens with zero attached hydrogens (tertiary/aromatic N) is 1. The second-order valence-electron chi connectivity index (χ2n) is 7.34. The number of benzene rings is 2. The molecule has 0 amide bonds. The van der Waals surface area contributed by atoms with Gasteiger partial charge in [0.15, 0.2) is 5.96 Å². The number of hydrogen-bond donors (Lipinski definition) is 3. The van der Waals surface area contributed by atoms with Crippen LogP contribution in [-0.2, 0) is 6.54 Å². The number of aliphatic imine (C=N–C) groups is 1. The Hall–Kier alpha value is -3.13. The van der Waals surface area contributed by atoms with Crippen LogP contribution in [0.4, 0.5) is 0 Å². The Morgan fingerprint density at radius 3 is 2.06 bits per heavy atom. The molecule has 0 aliphatic rings. The summed E-state index contributed by atoms with van der Waals surface area (Å²) in [4.78, 5) is 4.63. The second kappa shape index (κ2) is 12.7. The number of aliphatic hydroxyl groups is 1. The summed E-state index contributed by atoms with van der Waals surface area (Å²) in [5.41, 5.74) is 1.59. The molecule has 2 aromatic carbocycles. The SMILES string of the molecule is CCNC(=NCc1c(OC)cc(OC)cc1OC)NCC(O)c1ccc(OC(C)C)cc1. The number of rotatable bonds is 11. The van der Waals surface area contributed by atoms with Crippen LogP contribution in [0.2, 0.25) is 0 Å². The van der Waals surface area contributed by atoms with E-state index in [2.05, 4.69) is 15.6 Å². The van der Waals surface area contributed by atoms with Crippen molar-refractivity contribution in [1.82, 2.24) is 10.6 Å². The predicted octanol–water partition coefficient (Wildman–Crippen LogP) is 3.29. The standard InChI is InChI=1S/C24H35N3O5/c1-7-25-24(26-14-20-22(30-5)12-19(29-4)13-23(20)31-6)27-15-21(28)17-8-10-18(11-9-17)32-16(2)3/h8-13,16,21,28H,7,14-15H2,1-6H3,(H2,25,26,27). The van der Waals surface area contributed by atoms with Gasteiger partial charge in [0.05, 0.1) is 45.6 Å². The van der Waals surface area contributed by atoms with Crippen molar-refractivity contribution < 1.29 is 24.1 Å². The maximum absolute atomic E-state index is 10.6. The fourth-order valence-corrected chi connectivity index (χ4v) is 3.09. The molecule has 0 aromatic heterocycles. The Morgan fingerprint density at radius 2 is 1.56 bits per heavy atom. The minimum atomic E-state index is -0.697. The summed E-state index contributed by atoms with van der Waals surface area (Å²) in [6.45, 7) is 7.24. The first kappa shape index (κ1) is 25.1. The Bertz CT molecular complexity index is 843. The first-order chi connectivity index (χ1) is 15.4. The zero-order chi connectivity index (χ0) is 23.5. The molecule has 1 unspecified atom stereocenters. The monoisotopic (exact) mass is 445 g/mol. The lowest BCUT2D eigenvalue weighted by molar-refractivity contribution is 0.180. The third-order valence-electron chi connectivity index (χ3n) is 4.66. The van der Waals surface area contributed by atoms with E-state index in [1.807, 2.05) is 45.0 Å². The minimum Gasteiger partial charge on any atom is -0.496 e. The van der Waals surface area contributed by atoms with Crippen molar-refractivity contribution >= 4 is 5.96 Å². The lowest BCUT2D eigenvalue weighted by atomic mass is 10.1. The molecule has 32 heavy (non-hydrogen) atoms. The first-order valence-electron chi connectivity index (χ1n) is 10.7. The smallest absolute Gasteiger partial charge is 0.191 e. The molecule has 0 aliphatic carbocycles. The molecule has 1 atom stereocenters. The summed E-state index contributed by atoms with van der Waals surface area (Å²) in [7, 11) is 4.78. The summed E-state index contributed by atoms with van der Waals surface area (Å²) in [5.74, 6) is 3.26. The van der Waals surface area contributed by atoms with Gasteiger partial charge >= 0.3 is 0 Å². The van der Waals surface area contributed by atoms with Crippen molar-refractivity contribution in [3.8, 4) is 23.0 Å². The second-order valence-corrected chi connectivity index (χ2v) is 7.34. The van der Waals surface area contributed by atoms with Crippen LogP contribution in [0.5, 0.6) is 23.0 Å². The Morgan fingerprint density at radius 1 is 0.938 bits per heavy atom. The average Bonchev–Trinajstić information content (AvgIpc) is 2.80. The maximum Gasteiger partial charge on any atom is 0.191 e. The fourth-order valence-electron chi connectivity index (χ4n) is 3.09. The van der Waals surface area contributed by atoms with E-state index in [9.17, 15) is 5.11 Å². The number of guanidine groups is 1. The lowest BCUT2D eigenvalue weighted by Crippen LogP contribution is -2.39. The van der Waals surface area contributed by atoms with E-state index in [0.29, 0.717) is 42.8 Å². The van der Waals surface area contributed by atoms with E-state index in [4.69, 9.17) is 18.9 Å². The summed E-state index contributed by atoms with van der Waals surface area (Å²) >= 11 is 0. The van der Waals surface area contributed by atoms with Crippen molar-refractivity contribution in [3.63, 3.8) is 0 Å². The maximum atomic E-state index is 10.6. The van der Waals surface area contributed by atoms with Gasteiger partial charge in [0, 0.05) is 25.2 Å². The summed E-state index contributed by atoms with van der Waals surface area (Å²) in [6, 6.07) is 11.0. The number of aliphatic hydroxyl groups excluding tert-OH is 1. The van der Waals surface area contributed by atoms with E-state index in [-0.39, 0.29) is 6.10 Å². The van der Waals surface area contributed by atoms with Crippen LogP contribution >= 0.6 is 0 Å². The van der Waals surface area contributed by atoms with E-state index in [0.717, 1.165) is 16.9 Å². The van der Waals surface area contributed by atoms with Crippen molar-refractivity contribution in [2.75, 3.05) is 34.4 Å². The zero-order valence-electron chi connectivity index (χ0n) is 19.8. The highest BCUT2D eigenvalue weighted by Gasteiger charge is 2.14. The average molecular weight is 446 g/mol. The van der Waals surface area contributed by atoms with Gasteiger partial charge in [-0.1, -0.05) is 12.1 Å². The molecule has 3 N–H and O–H groups in total. The predicted molar refractivity (Wildman–Crippen MR) is 126 cm³/mol. The number of nitrogens with one attached hydrogen (secondary N) is 2. The van der Waals surface area contributed by atoms with Crippen molar-refractivity contribution in [2.24, 2.45) is 4.99 Å². The van der Waals surface area contributed by atoms with E-state index < -0.39 is 6.10 Å². The van der Waals surface area contributed by atoms with Crippen molar-refractivity contribution in [2.45, 2.75) is 39.5 Å². The Kier molecular flexibility index (Phi) is 9.94. The molecule has 0 fully saturated rings. The molecule has 8 nitrogen and oxygen atoms in total. The molecule has 0 saturated carbocycles. The summed E-state index contributed by atoms with van der Waals surface area (Å²) < 4.78 is 21.9. The Labute approximate surface area is 190 Å². The van der Waals surface area contributed by atoms with Gasteiger partial charge in [0.2, 0.25) is 0 Å². The van der Waals surface area contributed by atoms with Gasteiger partial charge in [0.25, 0.3) is 0 Å².